The van der Waals surface area contributed by atoms with Gasteiger partial charge in [-0.05, 0) is 49.4 Å². The zero-order chi connectivity index (χ0) is 16.8. The monoisotopic (exact) mass is 345 g/mol. The van der Waals surface area contributed by atoms with E-state index in [4.69, 9.17) is 4.74 Å². The Kier molecular flexibility index (Phi) is 6.18. The van der Waals surface area contributed by atoms with Gasteiger partial charge in [-0.25, -0.2) is 4.98 Å². The van der Waals surface area contributed by atoms with E-state index >= 15 is 0 Å². The first-order chi connectivity index (χ1) is 11.7. The van der Waals surface area contributed by atoms with Crippen LogP contribution in [0.4, 0.5) is 0 Å². The maximum absolute atomic E-state index is 5.82. The second-order valence-electron chi connectivity index (χ2n) is 6.77. The normalized spacial score (nSPS) is 15.1. The van der Waals surface area contributed by atoms with Crippen molar-refractivity contribution in [2.75, 3.05) is 12.4 Å². The van der Waals surface area contributed by atoms with Gasteiger partial charge in [0.2, 0.25) is 5.16 Å². The Morgan fingerprint density at radius 1 is 1.17 bits per heavy atom. The molecule has 0 atom stereocenters. The van der Waals surface area contributed by atoms with Gasteiger partial charge in [0.25, 0.3) is 0 Å². The Balaban J connectivity index is 1.37. The lowest BCUT2D eigenvalue weighted by atomic mass is 10.0. The maximum Gasteiger partial charge on any atom is 0.208 e. The number of benzene rings is 1. The number of aromatic nitrogens is 3. The molecule has 0 spiro atoms. The summed E-state index contributed by atoms with van der Waals surface area (Å²) in [5.41, 5.74) is 2.47. The van der Waals surface area contributed by atoms with E-state index < -0.39 is 0 Å². The van der Waals surface area contributed by atoms with Gasteiger partial charge in [0.05, 0.1) is 6.61 Å². The minimum Gasteiger partial charge on any atom is -0.493 e. The van der Waals surface area contributed by atoms with E-state index in [0.717, 1.165) is 34.8 Å². The van der Waals surface area contributed by atoms with Crippen LogP contribution in [0.2, 0.25) is 0 Å². The summed E-state index contributed by atoms with van der Waals surface area (Å²) in [6.07, 6.45) is 7.87. The molecule has 24 heavy (non-hydrogen) atoms. The van der Waals surface area contributed by atoms with Crippen molar-refractivity contribution < 1.29 is 4.74 Å². The summed E-state index contributed by atoms with van der Waals surface area (Å²) in [6.45, 7) is 4.85. The topological polar surface area (TPSA) is 50.8 Å². The smallest absolute Gasteiger partial charge is 0.208 e. The zero-order valence-electron chi connectivity index (χ0n) is 14.7. The van der Waals surface area contributed by atoms with Crippen molar-refractivity contribution in [1.29, 1.82) is 0 Å². The molecule has 1 N–H and O–H groups in total. The molecule has 1 aliphatic rings. The Morgan fingerprint density at radius 3 is 2.67 bits per heavy atom. The third-order valence-electron chi connectivity index (χ3n) is 4.55. The van der Waals surface area contributed by atoms with E-state index in [2.05, 4.69) is 47.2 Å². The molecule has 1 aromatic carbocycles. The Bertz CT molecular complexity index is 630. The van der Waals surface area contributed by atoms with E-state index in [1.165, 1.54) is 43.2 Å². The van der Waals surface area contributed by atoms with Crippen molar-refractivity contribution in [3.05, 3.63) is 35.2 Å². The minimum absolute atomic E-state index is 0.666. The van der Waals surface area contributed by atoms with Crippen LogP contribution < -0.4 is 4.74 Å². The number of aromatic amines is 1. The summed E-state index contributed by atoms with van der Waals surface area (Å²) >= 11 is 1.65. The Hall–Kier alpha value is -1.49. The second kappa shape index (κ2) is 8.56. The van der Waals surface area contributed by atoms with E-state index in [1.807, 2.05) is 0 Å². The molecule has 1 saturated carbocycles. The molecule has 2 aromatic rings. The molecule has 130 valence electrons. The number of nitrogens with one attached hydrogen (secondary N) is 1. The minimum atomic E-state index is 0.666. The van der Waals surface area contributed by atoms with Crippen molar-refractivity contribution in [2.24, 2.45) is 5.92 Å². The molecule has 0 amide bonds. The summed E-state index contributed by atoms with van der Waals surface area (Å²) in [7, 11) is 0. The summed E-state index contributed by atoms with van der Waals surface area (Å²) in [4.78, 5) is 4.58. The third kappa shape index (κ3) is 5.26. The summed E-state index contributed by atoms with van der Waals surface area (Å²) in [5, 5.41) is 8.22. The molecule has 0 aliphatic heterocycles. The first-order valence-electron chi connectivity index (χ1n) is 8.94. The number of hydrogen-bond donors (Lipinski definition) is 1. The molecule has 4 nitrogen and oxygen atoms in total. The summed E-state index contributed by atoms with van der Waals surface area (Å²) in [6, 6.07) is 6.31. The van der Waals surface area contributed by atoms with Crippen molar-refractivity contribution in [3.8, 4) is 5.75 Å². The third-order valence-corrected chi connectivity index (χ3v) is 5.37. The predicted octanol–water partition coefficient (Wildman–Crippen LogP) is 4.72. The van der Waals surface area contributed by atoms with Crippen molar-refractivity contribution >= 4 is 11.8 Å². The molecular weight excluding hydrogens is 318 g/mol. The fourth-order valence-corrected chi connectivity index (χ4v) is 4.04. The average Bonchev–Trinajstić information content (AvgIpc) is 3.20. The molecule has 0 saturated heterocycles. The zero-order valence-corrected chi connectivity index (χ0v) is 15.5. The lowest BCUT2D eigenvalue weighted by molar-refractivity contribution is 0.343. The molecule has 0 radical (unpaired) electrons. The highest BCUT2D eigenvalue weighted by Gasteiger charge is 2.15. The van der Waals surface area contributed by atoms with Gasteiger partial charge < -0.3 is 4.74 Å². The predicted molar refractivity (Wildman–Crippen MR) is 98.8 cm³/mol. The molecule has 0 bridgehead atoms. The number of H-pyrrole nitrogens is 1. The van der Waals surface area contributed by atoms with E-state index in [1.54, 1.807) is 11.8 Å². The van der Waals surface area contributed by atoms with Gasteiger partial charge in [0, 0.05) is 12.2 Å². The molecule has 1 fully saturated rings. The molecular formula is C19H27N3OS. The van der Waals surface area contributed by atoms with Crippen LogP contribution in [0.25, 0.3) is 0 Å². The molecule has 0 unspecified atom stereocenters. The Morgan fingerprint density at radius 2 is 1.92 bits per heavy atom. The van der Waals surface area contributed by atoms with Gasteiger partial charge in [-0.15, -0.1) is 5.10 Å². The second-order valence-corrected chi connectivity index (χ2v) is 7.84. The van der Waals surface area contributed by atoms with Crippen LogP contribution in [0, 0.1) is 19.8 Å². The van der Waals surface area contributed by atoms with Crippen LogP contribution >= 0.6 is 11.8 Å². The van der Waals surface area contributed by atoms with Crippen LogP contribution in [0.5, 0.6) is 5.75 Å². The number of rotatable bonds is 8. The molecule has 5 heteroatoms. The van der Waals surface area contributed by atoms with E-state index in [-0.39, 0.29) is 0 Å². The van der Waals surface area contributed by atoms with Crippen LogP contribution in [0.3, 0.4) is 0 Å². The lowest BCUT2D eigenvalue weighted by Crippen LogP contribution is -2.01. The highest BCUT2D eigenvalue weighted by Crippen LogP contribution is 2.28. The first kappa shape index (κ1) is 17.3. The fraction of sp³-hybridized carbons (Fsp3) is 0.579. The maximum atomic E-state index is 5.82. The fourth-order valence-electron chi connectivity index (χ4n) is 3.40. The molecule has 1 aliphatic carbocycles. The SMILES string of the molecule is Cc1cc(C)cc(OCCSc2n[nH]c(CCC3CCCC3)n2)c1. The number of thioether (sulfide) groups is 1. The van der Waals surface area contributed by atoms with Gasteiger partial charge in [-0.2, -0.15) is 0 Å². The molecule has 1 aromatic heterocycles. The van der Waals surface area contributed by atoms with Crippen LogP contribution in [0.15, 0.2) is 23.4 Å². The number of aryl methyl sites for hydroxylation is 3. The average molecular weight is 346 g/mol. The largest absolute Gasteiger partial charge is 0.493 e. The number of nitrogens with zero attached hydrogens (tertiary/aromatic N) is 2. The highest BCUT2D eigenvalue weighted by molar-refractivity contribution is 7.99. The first-order valence-corrected chi connectivity index (χ1v) is 9.93. The van der Waals surface area contributed by atoms with Crippen molar-refractivity contribution in [2.45, 2.75) is 57.5 Å². The highest BCUT2D eigenvalue weighted by atomic mass is 32.2. The molecule has 3 rings (SSSR count). The van der Waals surface area contributed by atoms with Gasteiger partial charge in [-0.1, -0.05) is 43.5 Å². The number of hydrogen-bond acceptors (Lipinski definition) is 4. The van der Waals surface area contributed by atoms with Crippen LogP contribution in [-0.4, -0.2) is 27.5 Å². The van der Waals surface area contributed by atoms with Gasteiger partial charge >= 0.3 is 0 Å². The van der Waals surface area contributed by atoms with Crippen LogP contribution in [0.1, 0.15) is 49.1 Å². The van der Waals surface area contributed by atoms with Gasteiger partial charge in [0.1, 0.15) is 11.6 Å². The lowest BCUT2D eigenvalue weighted by Gasteiger charge is -2.07. The Labute approximate surface area is 148 Å². The van der Waals surface area contributed by atoms with E-state index in [0.29, 0.717) is 6.61 Å². The standard InChI is InChI=1S/C19H27N3OS/c1-14-11-15(2)13-17(12-14)23-9-10-24-19-20-18(21-22-19)8-7-16-5-3-4-6-16/h11-13,16H,3-10H2,1-2H3,(H,20,21,22). The van der Waals surface area contributed by atoms with E-state index in [9.17, 15) is 0 Å². The van der Waals surface area contributed by atoms with Crippen molar-refractivity contribution in [1.82, 2.24) is 15.2 Å². The van der Waals surface area contributed by atoms with Gasteiger partial charge in [0.15, 0.2) is 0 Å². The molecule has 1 heterocycles. The summed E-state index contributed by atoms with van der Waals surface area (Å²) in [5.74, 6) is 3.73. The van der Waals surface area contributed by atoms with Crippen molar-refractivity contribution in [3.63, 3.8) is 0 Å². The van der Waals surface area contributed by atoms with Gasteiger partial charge in [-0.3, -0.25) is 5.10 Å². The summed E-state index contributed by atoms with van der Waals surface area (Å²) < 4.78 is 5.82. The quantitative estimate of drug-likeness (QED) is 0.556. The number of ether oxygens (including phenoxy) is 1. The van der Waals surface area contributed by atoms with Crippen LogP contribution in [-0.2, 0) is 6.42 Å².